The highest BCUT2D eigenvalue weighted by atomic mass is 16.5. The van der Waals surface area contributed by atoms with E-state index >= 15 is 0 Å². The molecule has 2 amide bonds. The molecule has 1 saturated heterocycles. The summed E-state index contributed by atoms with van der Waals surface area (Å²) in [6.45, 7) is 2.10. The van der Waals surface area contributed by atoms with Gasteiger partial charge in [-0.3, -0.25) is 9.59 Å². The molecule has 2 N–H and O–H groups in total. The summed E-state index contributed by atoms with van der Waals surface area (Å²) in [7, 11) is 0. The molecule has 2 rings (SSSR count). The summed E-state index contributed by atoms with van der Waals surface area (Å²) in [5.41, 5.74) is 0. The zero-order valence-electron chi connectivity index (χ0n) is 11.9. The minimum Gasteiger partial charge on any atom is -0.481 e. The third kappa shape index (κ3) is 4.07. The first kappa shape index (κ1) is 15.6. The van der Waals surface area contributed by atoms with Crippen molar-refractivity contribution < 1.29 is 29.0 Å². The molecule has 0 bridgehead atoms. The highest BCUT2D eigenvalue weighted by Gasteiger charge is 2.39. The van der Waals surface area contributed by atoms with Gasteiger partial charge in [0.05, 0.1) is 25.9 Å². The molecule has 1 saturated carbocycles. The molecule has 2 aliphatic rings. The molecule has 0 aromatic heterocycles. The summed E-state index contributed by atoms with van der Waals surface area (Å²) >= 11 is 0. The number of urea groups is 1. The first-order chi connectivity index (χ1) is 10.0. The second-order valence-corrected chi connectivity index (χ2v) is 5.20. The standard InChI is InChI=1S/C13H20N2O6/c1-2-21-11(16)5-15(8-3-4-8)13(19)14-10-7-20-6-9(10)12(17)18/h8-10H,2-7H2,1H3,(H,14,19)(H,17,18). The number of esters is 1. The van der Waals surface area contributed by atoms with Gasteiger partial charge in [-0.15, -0.1) is 0 Å². The smallest absolute Gasteiger partial charge is 0.325 e. The maximum atomic E-state index is 12.2. The van der Waals surface area contributed by atoms with Gasteiger partial charge in [-0.2, -0.15) is 0 Å². The Morgan fingerprint density at radius 1 is 1.33 bits per heavy atom. The molecule has 0 aromatic rings. The van der Waals surface area contributed by atoms with E-state index in [-0.39, 0.29) is 32.4 Å². The molecular formula is C13H20N2O6. The van der Waals surface area contributed by atoms with Gasteiger partial charge >= 0.3 is 18.0 Å². The molecule has 1 aliphatic heterocycles. The predicted molar refractivity (Wildman–Crippen MR) is 70.6 cm³/mol. The van der Waals surface area contributed by atoms with Gasteiger partial charge in [0.2, 0.25) is 0 Å². The van der Waals surface area contributed by atoms with Crippen molar-refractivity contribution in [3.05, 3.63) is 0 Å². The lowest BCUT2D eigenvalue weighted by Crippen LogP contribution is -2.51. The highest BCUT2D eigenvalue weighted by molar-refractivity contribution is 5.82. The molecule has 2 atom stereocenters. The van der Waals surface area contributed by atoms with Gasteiger partial charge in [0.25, 0.3) is 0 Å². The zero-order chi connectivity index (χ0) is 15.4. The van der Waals surface area contributed by atoms with Gasteiger partial charge in [-0.05, 0) is 19.8 Å². The summed E-state index contributed by atoms with van der Waals surface area (Å²) in [4.78, 5) is 36.2. The summed E-state index contributed by atoms with van der Waals surface area (Å²) < 4.78 is 9.95. The van der Waals surface area contributed by atoms with Crippen LogP contribution in [0.5, 0.6) is 0 Å². The summed E-state index contributed by atoms with van der Waals surface area (Å²) in [6, 6.07) is -0.981. The predicted octanol–water partition coefficient (Wildman–Crippen LogP) is -0.177. The Morgan fingerprint density at radius 3 is 2.62 bits per heavy atom. The zero-order valence-corrected chi connectivity index (χ0v) is 11.9. The van der Waals surface area contributed by atoms with Gasteiger partial charge < -0.3 is 24.8 Å². The van der Waals surface area contributed by atoms with Crippen molar-refractivity contribution in [2.45, 2.75) is 31.8 Å². The van der Waals surface area contributed by atoms with Crippen LogP contribution in [-0.2, 0) is 19.1 Å². The number of hydrogen-bond donors (Lipinski definition) is 2. The van der Waals surface area contributed by atoms with Crippen molar-refractivity contribution in [1.29, 1.82) is 0 Å². The van der Waals surface area contributed by atoms with Crippen LogP contribution in [0.4, 0.5) is 4.79 Å². The SMILES string of the molecule is CCOC(=O)CN(C(=O)NC1COCC1C(=O)O)C1CC1. The lowest BCUT2D eigenvalue weighted by molar-refractivity contribution is -0.144. The number of aliphatic carboxylic acids is 1. The topological polar surface area (TPSA) is 105 Å². The molecule has 8 heteroatoms. The maximum absolute atomic E-state index is 12.2. The van der Waals surface area contributed by atoms with E-state index in [0.717, 1.165) is 12.8 Å². The third-order valence-corrected chi connectivity index (χ3v) is 3.56. The molecule has 0 radical (unpaired) electrons. The Morgan fingerprint density at radius 2 is 2.05 bits per heavy atom. The number of nitrogens with one attached hydrogen (secondary N) is 1. The number of carboxylic acid groups (broad SMARTS) is 1. The number of hydrogen-bond acceptors (Lipinski definition) is 5. The number of amides is 2. The summed E-state index contributed by atoms with van der Waals surface area (Å²) in [5.74, 6) is -2.21. The fourth-order valence-electron chi connectivity index (χ4n) is 2.28. The van der Waals surface area contributed by atoms with Crippen LogP contribution in [0.15, 0.2) is 0 Å². The Labute approximate surface area is 122 Å². The largest absolute Gasteiger partial charge is 0.481 e. The molecule has 21 heavy (non-hydrogen) atoms. The second kappa shape index (κ2) is 6.75. The molecular weight excluding hydrogens is 280 g/mol. The van der Waals surface area contributed by atoms with Gasteiger partial charge in [0.1, 0.15) is 12.5 Å². The summed E-state index contributed by atoms with van der Waals surface area (Å²) in [5, 5.41) is 11.7. The Balaban J connectivity index is 1.92. The number of rotatable bonds is 6. The number of carbonyl (C=O) groups excluding carboxylic acids is 2. The number of ether oxygens (including phenoxy) is 2. The molecule has 2 unspecified atom stereocenters. The average molecular weight is 300 g/mol. The van der Waals surface area contributed by atoms with Crippen LogP contribution >= 0.6 is 0 Å². The number of carbonyl (C=O) groups is 3. The molecule has 1 aliphatic carbocycles. The molecule has 2 fully saturated rings. The normalized spacial score (nSPS) is 24.4. The molecule has 118 valence electrons. The van der Waals surface area contributed by atoms with Crippen molar-refractivity contribution in [2.75, 3.05) is 26.4 Å². The van der Waals surface area contributed by atoms with Crippen molar-refractivity contribution >= 4 is 18.0 Å². The van der Waals surface area contributed by atoms with Gasteiger partial charge in [-0.25, -0.2) is 4.79 Å². The van der Waals surface area contributed by atoms with Gasteiger partial charge in [0, 0.05) is 6.04 Å². The van der Waals surface area contributed by atoms with Crippen molar-refractivity contribution in [3.8, 4) is 0 Å². The minimum absolute atomic E-state index is 0.0278. The summed E-state index contributed by atoms with van der Waals surface area (Å²) in [6.07, 6.45) is 1.69. The van der Waals surface area contributed by atoms with E-state index in [1.165, 1.54) is 4.90 Å². The van der Waals surface area contributed by atoms with E-state index in [4.69, 9.17) is 14.6 Å². The van der Waals surface area contributed by atoms with Crippen LogP contribution in [0.2, 0.25) is 0 Å². The number of carboxylic acids is 1. The van der Waals surface area contributed by atoms with E-state index in [2.05, 4.69) is 5.32 Å². The molecule has 0 aromatic carbocycles. The van der Waals surface area contributed by atoms with Crippen molar-refractivity contribution in [1.82, 2.24) is 10.2 Å². The first-order valence-corrected chi connectivity index (χ1v) is 7.06. The van der Waals surface area contributed by atoms with Crippen LogP contribution in [0.25, 0.3) is 0 Å². The van der Waals surface area contributed by atoms with Crippen LogP contribution in [0.1, 0.15) is 19.8 Å². The molecule has 0 spiro atoms. The highest BCUT2D eigenvalue weighted by Crippen LogP contribution is 2.27. The Kier molecular flexibility index (Phi) is 5.00. The fraction of sp³-hybridized carbons (Fsp3) is 0.769. The van der Waals surface area contributed by atoms with Crippen LogP contribution in [0, 0.1) is 5.92 Å². The van der Waals surface area contributed by atoms with Crippen molar-refractivity contribution in [3.63, 3.8) is 0 Å². The quantitative estimate of drug-likeness (QED) is 0.659. The lowest BCUT2D eigenvalue weighted by atomic mass is 10.0. The van der Waals surface area contributed by atoms with E-state index in [1.54, 1.807) is 6.92 Å². The minimum atomic E-state index is -0.999. The molecule has 8 nitrogen and oxygen atoms in total. The number of nitrogens with zero attached hydrogens (tertiary/aromatic N) is 1. The van der Waals surface area contributed by atoms with E-state index in [0.29, 0.717) is 0 Å². The fourth-order valence-corrected chi connectivity index (χ4v) is 2.28. The first-order valence-electron chi connectivity index (χ1n) is 7.06. The van der Waals surface area contributed by atoms with Gasteiger partial charge in [0.15, 0.2) is 0 Å². The van der Waals surface area contributed by atoms with Crippen molar-refractivity contribution in [2.24, 2.45) is 5.92 Å². The lowest BCUT2D eigenvalue weighted by Gasteiger charge is -2.24. The Bertz CT molecular complexity index is 423. The van der Waals surface area contributed by atoms with Crippen LogP contribution in [-0.4, -0.2) is 66.4 Å². The van der Waals surface area contributed by atoms with E-state index in [1.807, 2.05) is 0 Å². The van der Waals surface area contributed by atoms with Gasteiger partial charge in [-0.1, -0.05) is 0 Å². The maximum Gasteiger partial charge on any atom is 0.325 e. The average Bonchev–Trinajstić information content (AvgIpc) is 3.15. The van der Waals surface area contributed by atoms with E-state index < -0.39 is 29.9 Å². The van der Waals surface area contributed by atoms with Crippen LogP contribution in [0.3, 0.4) is 0 Å². The molecule has 1 heterocycles. The third-order valence-electron chi connectivity index (χ3n) is 3.56. The second-order valence-electron chi connectivity index (χ2n) is 5.20. The monoisotopic (exact) mass is 300 g/mol. The Hall–Kier alpha value is -1.83. The van der Waals surface area contributed by atoms with E-state index in [9.17, 15) is 14.4 Å². The van der Waals surface area contributed by atoms with Crippen LogP contribution < -0.4 is 5.32 Å².